The average molecular weight is 242 g/mol. The molecule has 0 amide bonds. The molecule has 0 aromatic heterocycles. The van der Waals surface area contributed by atoms with Crippen LogP contribution in [0, 0.1) is 11.3 Å². The largest absolute Gasteiger partial charge is 0.464 e. The summed E-state index contributed by atoms with van der Waals surface area (Å²) in [5.41, 5.74) is -0.362. The number of fused-ring (bicyclic) bond motifs is 3. The van der Waals surface area contributed by atoms with Crippen LogP contribution in [0.25, 0.3) is 0 Å². The Labute approximate surface area is 103 Å². The van der Waals surface area contributed by atoms with Crippen LogP contribution in [0.3, 0.4) is 0 Å². The number of rotatable bonds is 2. The monoisotopic (exact) mass is 242 g/mol. The third-order valence-corrected chi connectivity index (χ3v) is 3.84. The van der Waals surface area contributed by atoms with Crippen LogP contribution in [0.4, 0.5) is 0 Å². The van der Waals surface area contributed by atoms with Gasteiger partial charge in [0.15, 0.2) is 12.4 Å². The lowest BCUT2D eigenvalue weighted by Crippen LogP contribution is -2.64. The van der Waals surface area contributed by atoms with Crippen molar-refractivity contribution in [3.63, 3.8) is 0 Å². The van der Waals surface area contributed by atoms with Gasteiger partial charge >= 0.3 is 5.97 Å². The van der Waals surface area contributed by atoms with Gasteiger partial charge in [-0.1, -0.05) is 13.8 Å². The maximum absolute atomic E-state index is 11.9. The maximum atomic E-state index is 11.9. The van der Waals surface area contributed by atoms with Crippen LogP contribution in [0.5, 0.6) is 0 Å². The average Bonchev–Trinajstić information content (AvgIpc) is 2.18. The molecule has 0 aromatic rings. The van der Waals surface area contributed by atoms with E-state index in [-0.39, 0.29) is 29.2 Å². The van der Waals surface area contributed by atoms with Gasteiger partial charge in [0.25, 0.3) is 0 Å². The molecule has 4 nitrogen and oxygen atoms in total. The fourth-order valence-electron chi connectivity index (χ4n) is 2.79. The molecule has 3 heterocycles. The lowest BCUT2D eigenvalue weighted by molar-refractivity contribution is -0.367. The fourth-order valence-corrected chi connectivity index (χ4v) is 2.79. The van der Waals surface area contributed by atoms with E-state index < -0.39 is 6.10 Å². The highest BCUT2D eigenvalue weighted by Crippen LogP contribution is 2.51. The minimum atomic E-state index is -0.475. The molecule has 0 saturated carbocycles. The van der Waals surface area contributed by atoms with Gasteiger partial charge in [-0.15, -0.1) is 0 Å². The Kier molecular flexibility index (Phi) is 2.99. The Morgan fingerprint density at radius 3 is 2.53 bits per heavy atom. The molecule has 0 aliphatic carbocycles. The van der Waals surface area contributed by atoms with Crippen LogP contribution in [0.15, 0.2) is 0 Å². The van der Waals surface area contributed by atoms with Gasteiger partial charge in [0, 0.05) is 11.3 Å². The number of esters is 1. The number of hydrogen-bond donors (Lipinski definition) is 0. The zero-order chi connectivity index (χ0) is 12.8. The zero-order valence-electron chi connectivity index (χ0n) is 11.3. The van der Waals surface area contributed by atoms with Crippen LogP contribution in [-0.4, -0.2) is 30.6 Å². The summed E-state index contributed by atoms with van der Waals surface area (Å²) < 4.78 is 16.7. The lowest BCUT2D eigenvalue weighted by atomic mass is 9.68. The van der Waals surface area contributed by atoms with Crippen LogP contribution in [0.1, 0.15) is 41.0 Å². The molecule has 4 heteroatoms. The van der Waals surface area contributed by atoms with Crippen LogP contribution in [0.2, 0.25) is 0 Å². The van der Waals surface area contributed by atoms with Crippen molar-refractivity contribution >= 4 is 5.97 Å². The van der Waals surface area contributed by atoms with Gasteiger partial charge < -0.3 is 14.2 Å². The standard InChI is InChI=1S/C13H22O4/c1-6-15-10(14)9-8-7-12(2,3)11(16-9)17-13(8,4)5/h8-9,11H,6-7H2,1-5H3/t8-,9-,11+/m0/s1. The summed E-state index contributed by atoms with van der Waals surface area (Å²) in [6.07, 6.45) is 0.127. The molecule has 0 radical (unpaired) electrons. The van der Waals surface area contributed by atoms with Crippen LogP contribution in [-0.2, 0) is 19.0 Å². The molecule has 17 heavy (non-hydrogen) atoms. The molecule has 3 rings (SSSR count). The van der Waals surface area contributed by atoms with Crippen LogP contribution >= 0.6 is 0 Å². The Balaban J connectivity index is 2.21. The van der Waals surface area contributed by atoms with Gasteiger partial charge in [-0.3, -0.25) is 0 Å². The van der Waals surface area contributed by atoms with Crippen LogP contribution < -0.4 is 0 Å². The van der Waals surface area contributed by atoms with E-state index in [9.17, 15) is 4.79 Å². The second-order valence-corrected chi connectivity index (χ2v) is 6.16. The Hall–Kier alpha value is -0.610. The van der Waals surface area contributed by atoms with Gasteiger partial charge in [0.05, 0.1) is 12.2 Å². The molecule has 2 bridgehead atoms. The van der Waals surface area contributed by atoms with Gasteiger partial charge in [-0.2, -0.15) is 0 Å². The van der Waals surface area contributed by atoms with Crippen molar-refractivity contribution in [2.45, 2.75) is 59.0 Å². The van der Waals surface area contributed by atoms with Crippen molar-refractivity contribution in [1.29, 1.82) is 0 Å². The summed E-state index contributed by atoms with van der Waals surface area (Å²) in [5, 5.41) is 0. The molecule has 3 saturated heterocycles. The minimum absolute atomic E-state index is 0.0385. The topological polar surface area (TPSA) is 44.8 Å². The minimum Gasteiger partial charge on any atom is -0.464 e. The molecule has 0 unspecified atom stereocenters. The number of ether oxygens (including phenoxy) is 3. The maximum Gasteiger partial charge on any atom is 0.335 e. The number of carbonyl (C=O) groups excluding carboxylic acids is 1. The molecular weight excluding hydrogens is 220 g/mol. The predicted octanol–water partition coefficient (Wildman–Crippen LogP) is 2.12. The molecule has 3 atom stereocenters. The van der Waals surface area contributed by atoms with E-state index in [0.717, 1.165) is 6.42 Å². The summed E-state index contributed by atoms with van der Waals surface area (Å²) in [4.78, 5) is 11.9. The van der Waals surface area contributed by atoms with E-state index >= 15 is 0 Å². The smallest absolute Gasteiger partial charge is 0.335 e. The highest BCUT2D eigenvalue weighted by atomic mass is 16.7. The Bertz CT molecular complexity index is 321. The SMILES string of the molecule is CCOC(=O)[C@H]1O[C@@H]2OC(C)(C)[C@H]1CC2(C)C. The first-order valence-corrected chi connectivity index (χ1v) is 6.28. The molecule has 0 N–H and O–H groups in total. The summed E-state index contributed by atoms with van der Waals surface area (Å²) >= 11 is 0. The van der Waals surface area contributed by atoms with Crippen molar-refractivity contribution < 1.29 is 19.0 Å². The number of carbonyl (C=O) groups is 1. The highest BCUT2D eigenvalue weighted by molar-refractivity contribution is 5.75. The molecular formula is C13H22O4. The van der Waals surface area contributed by atoms with E-state index in [2.05, 4.69) is 13.8 Å². The molecule has 98 valence electrons. The van der Waals surface area contributed by atoms with Gasteiger partial charge in [-0.05, 0) is 27.2 Å². The van der Waals surface area contributed by atoms with Gasteiger partial charge in [0.1, 0.15) is 0 Å². The third kappa shape index (κ3) is 2.08. The first kappa shape index (κ1) is 12.8. The summed E-state index contributed by atoms with van der Waals surface area (Å²) in [6.45, 7) is 10.5. The first-order chi connectivity index (χ1) is 7.78. The van der Waals surface area contributed by atoms with Gasteiger partial charge in [-0.25, -0.2) is 4.79 Å². The van der Waals surface area contributed by atoms with E-state index in [1.807, 2.05) is 20.8 Å². The first-order valence-electron chi connectivity index (χ1n) is 6.28. The number of hydrogen-bond acceptors (Lipinski definition) is 4. The predicted molar refractivity (Wildman–Crippen MR) is 62.3 cm³/mol. The lowest BCUT2D eigenvalue weighted by Gasteiger charge is -2.57. The van der Waals surface area contributed by atoms with E-state index in [1.54, 1.807) is 0 Å². The van der Waals surface area contributed by atoms with E-state index in [4.69, 9.17) is 14.2 Å². The summed E-state index contributed by atoms with van der Waals surface area (Å²) in [7, 11) is 0. The second-order valence-electron chi connectivity index (χ2n) is 6.16. The molecule has 3 aliphatic rings. The summed E-state index contributed by atoms with van der Waals surface area (Å²) in [6, 6.07) is 0. The Morgan fingerprint density at radius 1 is 1.35 bits per heavy atom. The highest BCUT2D eigenvalue weighted by Gasteiger charge is 2.58. The normalized spacial score (nSPS) is 37.8. The van der Waals surface area contributed by atoms with E-state index in [0.29, 0.717) is 6.61 Å². The molecule has 3 fully saturated rings. The Morgan fingerprint density at radius 2 is 2.00 bits per heavy atom. The molecule has 0 spiro atoms. The van der Waals surface area contributed by atoms with Crippen molar-refractivity contribution in [2.75, 3.05) is 6.61 Å². The zero-order valence-corrected chi connectivity index (χ0v) is 11.3. The third-order valence-electron chi connectivity index (χ3n) is 3.84. The molecule has 0 aromatic carbocycles. The fraction of sp³-hybridized carbons (Fsp3) is 0.923. The van der Waals surface area contributed by atoms with Gasteiger partial charge in [0.2, 0.25) is 0 Å². The van der Waals surface area contributed by atoms with E-state index in [1.165, 1.54) is 0 Å². The van der Waals surface area contributed by atoms with Crippen molar-refractivity contribution in [3.8, 4) is 0 Å². The van der Waals surface area contributed by atoms with Crippen molar-refractivity contribution in [1.82, 2.24) is 0 Å². The summed E-state index contributed by atoms with van der Waals surface area (Å²) in [5.74, 6) is -0.198. The van der Waals surface area contributed by atoms with Crippen molar-refractivity contribution in [3.05, 3.63) is 0 Å². The molecule has 3 aliphatic heterocycles. The van der Waals surface area contributed by atoms with Crippen molar-refractivity contribution in [2.24, 2.45) is 11.3 Å². The quantitative estimate of drug-likeness (QED) is 0.696. The second kappa shape index (κ2) is 3.95.